The number of anilines is 1. The van der Waals surface area contributed by atoms with Crippen LogP contribution in [0.25, 0.3) is 0 Å². The smallest absolute Gasteiger partial charge is 0.343 e. The summed E-state index contributed by atoms with van der Waals surface area (Å²) in [4.78, 5) is 19.4. The summed E-state index contributed by atoms with van der Waals surface area (Å²) >= 11 is 0. The molecule has 6 heteroatoms. The molecule has 1 aliphatic rings. The zero-order valence-corrected chi connectivity index (χ0v) is 10.4. The maximum Gasteiger partial charge on any atom is 0.343 e. The van der Waals surface area contributed by atoms with Gasteiger partial charge in [-0.1, -0.05) is 0 Å². The molecule has 1 fully saturated rings. The second-order valence-electron chi connectivity index (χ2n) is 4.15. The molecule has 1 saturated heterocycles. The van der Waals surface area contributed by atoms with Crippen molar-refractivity contribution >= 4 is 11.8 Å². The minimum absolute atomic E-state index is 0.180. The summed E-state index contributed by atoms with van der Waals surface area (Å²) in [5.74, 6) is 0.0497. The van der Waals surface area contributed by atoms with E-state index < -0.39 is 5.97 Å². The SMILES string of the molecule is COC(=O)c1cncnc1NCC1CCCCO1. The first-order valence-corrected chi connectivity index (χ1v) is 6.05. The van der Waals surface area contributed by atoms with Crippen molar-refractivity contribution in [3.05, 3.63) is 18.1 Å². The van der Waals surface area contributed by atoms with Crippen LogP contribution in [0.1, 0.15) is 29.6 Å². The van der Waals surface area contributed by atoms with Crippen LogP contribution in [0.2, 0.25) is 0 Å². The maximum absolute atomic E-state index is 11.5. The average molecular weight is 251 g/mol. The predicted molar refractivity (Wildman–Crippen MR) is 65.5 cm³/mol. The highest BCUT2D eigenvalue weighted by molar-refractivity contribution is 5.94. The molecule has 2 rings (SSSR count). The summed E-state index contributed by atoms with van der Waals surface area (Å²) in [6, 6.07) is 0. The van der Waals surface area contributed by atoms with Crippen LogP contribution < -0.4 is 5.32 Å². The summed E-state index contributed by atoms with van der Waals surface area (Å²) < 4.78 is 10.3. The van der Waals surface area contributed by atoms with Gasteiger partial charge in [0.15, 0.2) is 0 Å². The Labute approximate surface area is 106 Å². The number of nitrogens with one attached hydrogen (secondary N) is 1. The highest BCUT2D eigenvalue weighted by Gasteiger charge is 2.17. The van der Waals surface area contributed by atoms with Crippen LogP contribution in [0.5, 0.6) is 0 Å². The van der Waals surface area contributed by atoms with Crippen molar-refractivity contribution < 1.29 is 14.3 Å². The first kappa shape index (κ1) is 12.8. The fraction of sp³-hybridized carbons (Fsp3) is 0.583. The van der Waals surface area contributed by atoms with Crippen LogP contribution >= 0.6 is 0 Å². The first-order valence-electron chi connectivity index (χ1n) is 6.05. The first-order chi connectivity index (χ1) is 8.81. The van der Waals surface area contributed by atoms with Gasteiger partial charge in [-0.15, -0.1) is 0 Å². The van der Waals surface area contributed by atoms with E-state index in [0.717, 1.165) is 19.4 Å². The quantitative estimate of drug-likeness (QED) is 0.812. The molecule has 0 saturated carbocycles. The van der Waals surface area contributed by atoms with Crippen LogP contribution in [0.3, 0.4) is 0 Å². The number of hydrogen-bond acceptors (Lipinski definition) is 6. The fourth-order valence-corrected chi connectivity index (χ4v) is 1.91. The third-order valence-corrected chi connectivity index (χ3v) is 2.89. The van der Waals surface area contributed by atoms with Gasteiger partial charge in [0.25, 0.3) is 0 Å². The van der Waals surface area contributed by atoms with Crippen molar-refractivity contribution in [2.75, 3.05) is 25.6 Å². The van der Waals surface area contributed by atoms with Crippen LogP contribution in [0.4, 0.5) is 5.82 Å². The zero-order chi connectivity index (χ0) is 12.8. The number of carbonyl (C=O) groups is 1. The van der Waals surface area contributed by atoms with Gasteiger partial charge in [-0.3, -0.25) is 0 Å². The Morgan fingerprint density at radius 2 is 2.50 bits per heavy atom. The Balaban J connectivity index is 1.97. The molecule has 98 valence electrons. The van der Waals surface area contributed by atoms with Crippen LogP contribution in [-0.2, 0) is 9.47 Å². The molecular formula is C12H17N3O3. The van der Waals surface area contributed by atoms with E-state index in [4.69, 9.17) is 4.74 Å². The van der Waals surface area contributed by atoms with E-state index in [0.29, 0.717) is 17.9 Å². The number of methoxy groups -OCH3 is 1. The highest BCUT2D eigenvalue weighted by Crippen LogP contribution is 2.15. The second kappa shape index (κ2) is 6.30. The van der Waals surface area contributed by atoms with Gasteiger partial charge in [0, 0.05) is 19.3 Å². The van der Waals surface area contributed by atoms with Crippen molar-refractivity contribution in [1.82, 2.24) is 9.97 Å². The minimum Gasteiger partial charge on any atom is -0.465 e. The summed E-state index contributed by atoms with van der Waals surface area (Å²) in [6.45, 7) is 1.45. The van der Waals surface area contributed by atoms with Gasteiger partial charge in [-0.25, -0.2) is 14.8 Å². The molecule has 1 aromatic rings. The molecule has 1 aromatic heterocycles. The molecule has 1 unspecified atom stereocenters. The number of esters is 1. The molecule has 1 N–H and O–H groups in total. The Kier molecular flexibility index (Phi) is 4.46. The van der Waals surface area contributed by atoms with E-state index >= 15 is 0 Å². The number of aromatic nitrogens is 2. The number of ether oxygens (including phenoxy) is 2. The number of rotatable bonds is 4. The molecular weight excluding hydrogens is 234 g/mol. The molecule has 18 heavy (non-hydrogen) atoms. The topological polar surface area (TPSA) is 73.3 Å². The van der Waals surface area contributed by atoms with Crippen molar-refractivity contribution in [3.8, 4) is 0 Å². The predicted octanol–water partition coefficient (Wildman–Crippen LogP) is 1.24. The molecule has 1 aliphatic heterocycles. The second-order valence-corrected chi connectivity index (χ2v) is 4.15. The molecule has 0 spiro atoms. The van der Waals surface area contributed by atoms with Gasteiger partial charge >= 0.3 is 5.97 Å². The molecule has 2 heterocycles. The lowest BCUT2D eigenvalue weighted by molar-refractivity contribution is 0.0246. The molecule has 0 radical (unpaired) electrons. The summed E-state index contributed by atoms with van der Waals surface area (Å²) in [7, 11) is 1.34. The number of nitrogens with zero attached hydrogens (tertiary/aromatic N) is 2. The van der Waals surface area contributed by atoms with E-state index in [-0.39, 0.29) is 6.10 Å². The van der Waals surface area contributed by atoms with Gasteiger partial charge < -0.3 is 14.8 Å². The Morgan fingerprint density at radius 1 is 1.61 bits per heavy atom. The molecule has 6 nitrogen and oxygen atoms in total. The van der Waals surface area contributed by atoms with E-state index in [2.05, 4.69) is 20.0 Å². The van der Waals surface area contributed by atoms with E-state index in [1.165, 1.54) is 26.1 Å². The minimum atomic E-state index is -0.442. The Hall–Kier alpha value is -1.69. The van der Waals surface area contributed by atoms with Crippen molar-refractivity contribution in [2.24, 2.45) is 0 Å². The van der Waals surface area contributed by atoms with E-state index in [1.807, 2.05) is 0 Å². The summed E-state index contributed by atoms with van der Waals surface area (Å²) in [6.07, 6.45) is 6.36. The van der Waals surface area contributed by atoms with Crippen molar-refractivity contribution in [3.63, 3.8) is 0 Å². The number of hydrogen-bond donors (Lipinski definition) is 1. The largest absolute Gasteiger partial charge is 0.465 e. The third kappa shape index (κ3) is 3.16. The monoisotopic (exact) mass is 251 g/mol. The Bertz CT molecular complexity index is 405. The lowest BCUT2D eigenvalue weighted by atomic mass is 10.1. The lowest BCUT2D eigenvalue weighted by Crippen LogP contribution is -2.27. The van der Waals surface area contributed by atoms with Crippen LogP contribution in [0.15, 0.2) is 12.5 Å². The molecule has 0 amide bonds. The summed E-state index contributed by atoms with van der Waals surface area (Å²) in [5, 5.41) is 3.12. The summed E-state index contributed by atoms with van der Waals surface area (Å²) in [5.41, 5.74) is 0.343. The van der Waals surface area contributed by atoms with E-state index in [9.17, 15) is 4.79 Å². The number of carbonyl (C=O) groups excluding carboxylic acids is 1. The zero-order valence-electron chi connectivity index (χ0n) is 10.4. The average Bonchev–Trinajstić information content (AvgIpc) is 2.45. The standard InChI is InChI=1S/C12H17N3O3/c1-17-12(16)10-7-13-8-15-11(10)14-6-9-4-2-3-5-18-9/h7-9H,2-6H2,1H3,(H,13,14,15). The molecule has 1 atom stereocenters. The van der Waals surface area contributed by atoms with Gasteiger partial charge in [0.1, 0.15) is 17.7 Å². The fourth-order valence-electron chi connectivity index (χ4n) is 1.91. The van der Waals surface area contributed by atoms with Crippen molar-refractivity contribution in [2.45, 2.75) is 25.4 Å². The van der Waals surface area contributed by atoms with Crippen molar-refractivity contribution in [1.29, 1.82) is 0 Å². The molecule has 0 bridgehead atoms. The normalized spacial score (nSPS) is 19.3. The van der Waals surface area contributed by atoms with Gasteiger partial charge in [-0.05, 0) is 19.3 Å². The maximum atomic E-state index is 11.5. The lowest BCUT2D eigenvalue weighted by Gasteiger charge is -2.23. The van der Waals surface area contributed by atoms with Gasteiger partial charge in [-0.2, -0.15) is 0 Å². The Morgan fingerprint density at radius 3 is 3.22 bits per heavy atom. The van der Waals surface area contributed by atoms with Gasteiger partial charge in [0.2, 0.25) is 0 Å². The molecule has 0 aliphatic carbocycles. The highest BCUT2D eigenvalue weighted by atomic mass is 16.5. The van der Waals surface area contributed by atoms with Crippen LogP contribution in [0, 0.1) is 0 Å². The van der Waals surface area contributed by atoms with Crippen LogP contribution in [-0.4, -0.2) is 42.3 Å². The van der Waals surface area contributed by atoms with E-state index in [1.54, 1.807) is 0 Å². The molecule has 0 aromatic carbocycles. The third-order valence-electron chi connectivity index (χ3n) is 2.89. The van der Waals surface area contributed by atoms with Gasteiger partial charge in [0.05, 0.1) is 13.2 Å².